The van der Waals surface area contributed by atoms with Gasteiger partial charge in [-0.15, -0.1) is 0 Å². The number of rotatable bonds is 1. The second-order valence-electron chi connectivity index (χ2n) is 3.77. The van der Waals surface area contributed by atoms with E-state index < -0.39 is 12.2 Å². The van der Waals surface area contributed by atoms with Crippen LogP contribution in [0, 0.1) is 0 Å². The van der Waals surface area contributed by atoms with Crippen LogP contribution in [0.1, 0.15) is 11.5 Å². The number of amides is 1. The first kappa shape index (κ1) is 9.98. The molecule has 1 heterocycles. The summed E-state index contributed by atoms with van der Waals surface area (Å²) in [4.78, 5) is 12.0. The maximum atomic E-state index is 10.7. The van der Waals surface area contributed by atoms with Crippen LogP contribution in [0.4, 0.5) is 4.79 Å². The van der Waals surface area contributed by atoms with Crippen molar-refractivity contribution in [2.45, 2.75) is 12.0 Å². The van der Waals surface area contributed by atoms with E-state index >= 15 is 0 Å². The summed E-state index contributed by atoms with van der Waals surface area (Å²) in [5, 5.41) is 18.6. The standard InChI is InChI=1S/C11H13NO3/c13-10-7-12(11(14)15)6-9(10)8-4-2-1-3-5-8/h1-5,9-10,13H,6-7H2,(H,14,15)/t9-,10+/m0/s1. The van der Waals surface area contributed by atoms with E-state index in [-0.39, 0.29) is 12.5 Å². The predicted octanol–water partition coefficient (Wildman–Crippen LogP) is 1.12. The number of likely N-dealkylation sites (tertiary alicyclic amines) is 1. The molecule has 0 radical (unpaired) electrons. The Morgan fingerprint density at radius 2 is 1.93 bits per heavy atom. The fraction of sp³-hybridized carbons (Fsp3) is 0.364. The fourth-order valence-corrected chi connectivity index (χ4v) is 1.97. The fourth-order valence-electron chi connectivity index (χ4n) is 1.97. The Morgan fingerprint density at radius 1 is 1.27 bits per heavy atom. The van der Waals surface area contributed by atoms with Gasteiger partial charge in [0, 0.05) is 12.5 Å². The molecule has 0 saturated carbocycles. The van der Waals surface area contributed by atoms with Gasteiger partial charge in [0.2, 0.25) is 0 Å². The van der Waals surface area contributed by atoms with Crippen LogP contribution < -0.4 is 0 Å². The van der Waals surface area contributed by atoms with Gasteiger partial charge in [-0.3, -0.25) is 0 Å². The zero-order chi connectivity index (χ0) is 10.8. The zero-order valence-corrected chi connectivity index (χ0v) is 8.21. The van der Waals surface area contributed by atoms with Crippen molar-refractivity contribution in [1.82, 2.24) is 4.90 Å². The van der Waals surface area contributed by atoms with E-state index in [0.29, 0.717) is 6.54 Å². The molecular formula is C11H13NO3. The summed E-state index contributed by atoms with van der Waals surface area (Å²) in [5.74, 6) is -0.0951. The molecule has 1 saturated heterocycles. The van der Waals surface area contributed by atoms with Crippen LogP contribution in [-0.2, 0) is 0 Å². The number of benzene rings is 1. The Hall–Kier alpha value is -1.55. The molecule has 0 bridgehead atoms. The molecule has 2 atom stereocenters. The van der Waals surface area contributed by atoms with Gasteiger partial charge in [0.05, 0.1) is 12.6 Å². The molecule has 4 heteroatoms. The highest BCUT2D eigenvalue weighted by molar-refractivity contribution is 5.65. The summed E-state index contributed by atoms with van der Waals surface area (Å²) in [6, 6.07) is 9.52. The maximum absolute atomic E-state index is 10.7. The normalized spacial score (nSPS) is 25.5. The Kier molecular flexibility index (Phi) is 2.60. The Morgan fingerprint density at radius 3 is 2.47 bits per heavy atom. The van der Waals surface area contributed by atoms with E-state index in [9.17, 15) is 9.90 Å². The number of aliphatic hydroxyl groups is 1. The second kappa shape index (κ2) is 3.90. The van der Waals surface area contributed by atoms with Crippen molar-refractivity contribution in [1.29, 1.82) is 0 Å². The van der Waals surface area contributed by atoms with Gasteiger partial charge in [0.1, 0.15) is 0 Å². The van der Waals surface area contributed by atoms with Gasteiger partial charge < -0.3 is 15.1 Å². The Labute approximate surface area is 87.8 Å². The van der Waals surface area contributed by atoms with E-state index in [0.717, 1.165) is 5.56 Å². The number of β-amino-alcohol motifs (C(OH)–C–C–N with tert-alkyl or cyclic N) is 1. The number of aliphatic hydroxyl groups excluding tert-OH is 1. The molecule has 1 fully saturated rings. The zero-order valence-electron chi connectivity index (χ0n) is 8.21. The van der Waals surface area contributed by atoms with Crippen molar-refractivity contribution in [2.75, 3.05) is 13.1 Å². The minimum absolute atomic E-state index is 0.0951. The SMILES string of the molecule is O=C(O)N1C[C@@H](O)[C@H](c2ccccc2)C1. The summed E-state index contributed by atoms with van der Waals surface area (Å²) in [7, 11) is 0. The van der Waals surface area contributed by atoms with Crippen LogP contribution in [0.25, 0.3) is 0 Å². The summed E-state index contributed by atoms with van der Waals surface area (Å²) < 4.78 is 0. The largest absolute Gasteiger partial charge is 0.465 e. The molecular weight excluding hydrogens is 194 g/mol. The van der Waals surface area contributed by atoms with Crippen molar-refractivity contribution < 1.29 is 15.0 Å². The predicted molar refractivity (Wildman–Crippen MR) is 54.8 cm³/mol. The molecule has 1 aliphatic heterocycles. The number of carbonyl (C=O) groups is 1. The number of hydrogen-bond donors (Lipinski definition) is 2. The first-order chi connectivity index (χ1) is 7.18. The summed E-state index contributed by atoms with van der Waals surface area (Å²) >= 11 is 0. The van der Waals surface area contributed by atoms with Crippen molar-refractivity contribution in [3.63, 3.8) is 0 Å². The van der Waals surface area contributed by atoms with E-state index in [1.165, 1.54) is 4.90 Å². The first-order valence-electron chi connectivity index (χ1n) is 4.89. The molecule has 0 unspecified atom stereocenters. The van der Waals surface area contributed by atoms with Crippen LogP contribution in [0.2, 0.25) is 0 Å². The van der Waals surface area contributed by atoms with Crippen LogP contribution in [0.3, 0.4) is 0 Å². The molecule has 0 aliphatic carbocycles. The monoisotopic (exact) mass is 207 g/mol. The Bertz CT molecular complexity index is 352. The van der Waals surface area contributed by atoms with Crippen LogP contribution in [0.5, 0.6) is 0 Å². The minimum Gasteiger partial charge on any atom is -0.465 e. The third-order valence-electron chi connectivity index (χ3n) is 2.79. The van der Waals surface area contributed by atoms with Gasteiger partial charge in [-0.2, -0.15) is 0 Å². The molecule has 1 aliphatic rings. The highest BCUT2D eigenvalue weighted by Gasteiger charge is 2.34. The molecule has 15 heavy (non-hydrogen) atoms. The number of nitrogens with zero attached hydrogens (tertiary/aromatic N) is 1. The van der Waals surface area contributed by atoms with Gasteiger partial charge in [0.25, 0.3) is 0 Å². The van der Waals surface area contributed by atoms with Gasteiger partial charge in [-0.05, 0) is 5.56 Å². The van der Waals surface area contributed by atoms with Gasteiger partial charge in [-0.25, -0.2) is 4.79 Å². The van der Waals surface area contributed by atoms with Crippen molar-refractivity contribution in [3.05, 3.63) is 35.9 Å². The second-order valence-corrected chi connectivity index (χ2v) is 3.77. The molecule has 2 rings (SSSR count). The summed E-state index contributed by atoms with van der Waals surface area (Å²) in [6.07, 6.45) is -1.56. The molecule has 0 spiro atoms. The van der Waals surface area contributed by atoms with Gasteiger partial charge >= 0.3 is 6.09 Å². The Balaban J connectivity index is 2.15. The van der Waals surface area contributed by atoms with Gasteiger partial charge in [0.15, 0.2) is 0 Å². The molecule has 2 N–H and O–H groups in total. The molecule has 1 amide bonds. The minimum atomic E-state index is -0.965. The average molecular weight is 207 g/mol. The van der Waals surface area contributed by atoms with Crippen LogP contribution >= 0.6 is 0 Å². The lowest BCUT2D eigenvalue weighted by Gasteiger charge is -2.13. The highest BCUT2D eigenvalue weighted by Crippen LogP contribution is 2.27. The van der Waals surface area contributed by atoms with Crippen molar-refractivity contribution in [2.24, 2.45) is 0 Å². The lowest BCUT2D eigenvalue weighted by molar-refractivity contribution is 0.138. The molecule has 1 aromatic carbocycles. The summed E-state index contributed by atoms with van der Waals surface area (Å²) in [5.41, 5.74) is 0.994. The highest BCUT2D eigenvalue weighted by atomic mass is 16.4. The van der Waals surface area contributed by atoms with E-state index in [1.807, 2.05) is 30.3 Å². The average Bonchev–Trinajstić information content (AvgIpc) is 2.62. The van der Waals surface area contributed by atoms with Crippen LogP contribution in [-0.4, -0.2) is 40.4 Å². The first-order valence-corrected chi connectivity index (χ1v) is 4.89. The number of hydrogen-bond acceptors (Lipinski definition) is 2. The lowest BCUT2D eigenvalue weighted by atomic mass is 9.96. The third-order valence-corrected chi connectivity index (χ3v) is 2.79. The molecule has 0 aromatic heterocycles. The maximum Gasteiger partial charge on any atom is 0.407 e. The van der Waals surface area contributed by atoms with Crippen molar-refractivity contribution in [3.8, 4) is 0 Å². The topological polar surface area (TPSA) is 60.8 Å². The molecule has 4 nitrogen and oxygen atoms in total. The smallest absolute Gasteiger partial charge is 0.407 e. The molecule has 1 aromatic rings. The van der Waals surface area contributed by atoms with Crippen molar-refractivity contribution >= 4 is 6.09 Å². The quantitative estimate of drug-likeness (QED) is 0.725. The van der Waals surface area contributed by atoms with Crippen LogP contribution in [0.15, 0.2) is 30.3 Å². The third kappa shape index (κ3) is 1.94. The number of carboxylic acid groups (broad SMARTS) is 1. The van der Waals surface area contributed by atoms with Gasteiger partial charge in [-0.1, -0.05) is 30.3 Å². The molecule has 80 valence electrons. The van der Waals surface area contributed by atoms with E-state index in [1.54, 1.807) is 0 Å². The van der Waals surface area contributed by atoms with E-state index in [2.05, 4.69) is 0 Å². The lowest BCUT2D eigenvalue weighted by Crippen LogP contribution is -2.27. The van der Waals surface area contributed by atoms with E-state index in [4.69, 9.17) is 5.11 Å². The summed E-state index contributed by atoms with van der Waals surface area (Å²) in [6.45, 7) is 0.579.